The molecule has 8 N–H and O–H groups in total. The van der Waals surface area contributed by atoms with Crippen LogP contribution in [-0.4, -0.2) is 64.9 Å². The van der Waals surface area contributed by atoms with Crippen LogP contribution in [0.5, 0.6) is 0 Å². The van der Waals surface area contributed by atoms with Gasteiger partial charge in [0.2, 0.25) is 5.95 Å². The summed E-state index contributed by atoms with van der Waals surface area (Å²) < 4.78 is 52.7. The van der Waals surface area contributed by atoms with E-state index in [0.29, 0.717) is 0 Å². The molecule has 1 saturated heterocycles. The molecule has 0 aliphatic carbocycles. The van der Waals surface area contributed by atoms with Crippen molar-refractivity contribution in [2.75, 3.05) is 25.4 Å². The Morgan fingerprint density at radius 1 is 1.19 bits per heavy atom. The van der Waals surface area contributed by atoms with Gasteiger partial charge in [0.25, 0.3) is 5.56 Å². The minimum atomic E-state index is -5.62. The lowest BCUT2D eigenvalue weighted by molar-refractivity contribution is -0.0920. The molecule has 4 unspecified atom stereocenters. The SMILES string of the molecule is Nc1nc2c(ncn2C2CNCC(COP(=O)(O)OP(=O)(O)OP(=O)(O)O)O2)c(=O)[nH]1. The third kappa shape index (κ3) is 6.49. The van der Waals surface area contributed by atoms with Gasteiger partial charge in [0.15, 0.2) is 11.2 Å². The molecule has 18 nitrogen and oxygen atoms in total. The average molecular weight is 506 g/mol. The number of phosphoric acid groups is 3. The highest BCUT2D eigenvalue weighted by atomic mass is 31.3. The number of anilines is 1. The summed E-state index contributed by atoms with van der Waals surface area (Å²) in [7, 11) is -16.4. The molecule has 0 amide bonds. The molecule has 31 heavy (non-hydrogen) atoms. The Kier molecular flexibility index (Phi) is 6.84. The Morgan fingerprint density at radius 3 is 2.58 bits per heavy atom. The highest BCUT2D eigenvalue weighted by Crippen LogP contribution is 2.66. The molecule has 3 heterocycles. The highest BCUT2D eigenvalue weighted by Gasteiger charge is 2.41. The average Bonchev–Trinajstić information content (AvgIpc) is 3.01. The number of rotatable bonds is 8. The molecular formula is C10H17N6O12P3. The Labute approximate surface area is 171 Å². The molecule has 21 heteroatoms. The van der Waals surface area contributed by atoms with Crippen LogP contribution in [0, 0.1) is 0 Å². The number of aromatic amines is 1. The van der Waals surface area contributed by atoms with E-state index in [4.69, 9.17) is 25.2 Å². The van der Waals surface area contributed by atoms with Gasteiger partial charge < -0.3 is 35.4 Å². The number of phosphoric ester groups is 1. The van der Waals surface area contributed by atoms with E-state index >= 15 is 0 Å². The number of nitrogens with zero attached hydrogens (tertiary/aromatic N) is 3. The smallest absolute Gasteiger partial charge is 0.369 e. The maximum absolute atomic E-state index is 11.9. The van der Waals surface area contributed by atoms with Gasteiger partial charge >= 0.3 is 23.5 Å². The maximum atomic E-state index is 11.9. The zero-order valence-corrected chi connectivity index (χ0v) is 17.9. The Bertz CT molecular complexity index is 1160. The maximum Gasteiger partial charge on any atom is 0.490 e. The zero-order valence-electron chi connectivity index (χ0n) is 15.2. The monoisotopic (exact) mass is 506 g/mol. The number of nitrogens with two attached hydrogens (primary N) is 1. The fourth-order valence-electron chi connectivity index (χ4n) is 2.58. The van der Waals surface area contributed by atoms with Gasteiger partial charge in [-0.05, 0) is 0 Å². The van der Waals surface area contributed by atoms with Crippen molar-refractivity contribution in [2.45, 2.75) is 12.3 Å². The van der Waals surface area contributed by atoms with E-state index in [1.165, 1.54) is 10.9 Å². The van der Waals surface area contributed by atoms with Crippen molar-refractivity contribution in [3.8, 4) is 0 Å². The summed E-state index contributed by atoms with van der Waals surface area (Å²) in [6.07, 6.45) is -0.411. The fraction of sp³-hybridized carbons (Fsp3) is 0.500. The number of fused-ring (bicyclic) bond motifs is 1. The topological polar surface area (TPSA) is 271 Å². The first-order valence-corrected chi connectivity index (χ1v) is 12.6. The Morgan fingerprint density at radius 2 is 1.90 bits per heavy atom. The molecule has 0 aromatic carbocycles. The van der Waals surface area contributed by atoms with E-state index in [9.17, 15) is 23.4 Å². The van der Waals surface area contributed by atoms with Gasteiger partial charge in [-0.2, -0.15) is 13.6 Å². The molecular weight excluding hydrogens is 489 g/mol. The third-order valence-corrected chi connectivity index (χ3v) is 7.44. The second-order valence-corrected chi connectivity index (χ2v) is 10.5. The molecule has 0 radical (unpaired) electrons. The van der Waals surface area contributed by atoms with Gasteiger partial charge in [-0.15, -0.1) is 0 Å². The number of hydrogen-bond donors (Lipinski definition) is 7. The largest absolute Gasteiger partial charge is 0.490 e. The van der Waals surface area contributed by atoms with Crippen LogP contribution in [0.4, 0.5) is 5.95 Å². The van der Waals surface area contributed by atoms with E-state index in [1.807, 2.05) is 0 Å². The normalized spacial score (nSPS) is 24.0. The molecule has 3 rings (SSSR count). The predicted octanol–water partition coefficient (Wildman–Crippen LogP) is -1.47. The third-order valence-electron chi connectivity index (χ3n) is 3.64. The lowest BCUT2D eigenvalue weighted by Gasteiger charge is -2.31. The fourth-order valence-corrected chi connectivity index (χ4v) is 5.63. The molecule has 0 saturated carbocycles. The van der Waals surface area contributed by atoms with Gasteiger partial charge in [-0.3, -0.25) is 18.9 Å². The first-order chi connectivity index (χ1) is 14.2. The summed E-state index contributed by atoms with van der Waals surface area (Å²) in [5.74, 6) is -0.146. The van der Waals surface area contributed by atoms with Crippen LogP contribution in [0.25, 0.3) is 11.2 Å². The minimum Gasteiger partial charge on any atom is -0.369 e. The number of nitrogen functional groups attached to an aromatic ring is 1. The molecule has 0 spiro atoms. The first-order valence-electron chi connectivity index (χ1n) is 8.11. The van der Waals surface area contributed by atoms with Crippen molar-refractivity contribution in [2.24, 2.45) is 0 Å². The molecule has 1 aliphatic rings. The van der Waals surface area contributed by atoms with E-state index < -0.39 is 48.0 Å². The minimum absolute atomic E-state index is 0.00758. The summed E-state index contributed by atoms with van der Waals surface area (Å²) in [4.78, 5) is 57.8. The molecule has 2 aromatic heterocycles. The van der Waals surface area contributed by atoms with Crippen molar-refractivity contribution in [3.05, 3.63) is 16.7 Å². The van der Waals surface area contributed by atoms with Gasteiger partial charge in [0, 0.05) is 13.1 Å². The number of aromatic nitrogens is 4. The standard InChI is InChI=1S/C10H17N6O12P3/c11-10-14-8-7(9(17)15-10)13-4-16(8)6-2-12-1-5(26-6)3-25-30(21,22)28-31(23,24)27-29(18,19)20/h4-6,12H,1-3H2,(H,21,22)(H,23,24)(H2,18,19,20)(H3,11,14,15,17). The van der Waals surface area contributed by atoms with E-state index in [0.717, 1.165) is 0 Å². The summed E-state index contributed by atoms with van der Waals surface area (Å²) in [5.41, 5.74) is 5.11. The van der Waals surface area contributed by atoms with Crippen LogP contribution in [-0.2, 0) is 31.6 Å². The summed E-state index contributed by atoms with van der Waals surface area (Å²) in [5, 5.41) is 2.94. The van der Waals surface area contributed by atoms with Gasteiger partial charge in [0.05, 0.1) is 19.0 Å². The molecule has 1 fully saturated rings. The van der Waals surface area contributed by atoms with Crippen molar-refractivity contribution < 1.29 is 51.2 Å². The number of hydrogen-bond acceptors (Lipinski definition) is 12. The quantitative estimate of drug-likeness (QED) is 0.201. The number of nitrogens with one attached hydrogen (secondary N) is 2. The Hall–Kier alpha value is -1.52. The van der Waals surface area contributed by atoms with Crippen LogP contribution >= 0.6 is 23.5 Å². The number of H-pyrrole nitrogens is 1. The van der Waals surface area contributed by atoms with Gasteiger partial charge in [-0.1, -0.05) is 0 Å². The van der Waals surface area contributed by atoms with Crippen LogP contribution in [0.3, 0.4) is 0 Å². The van der Waals surface area contributed by atoms with Crippen molar-refractivity contribution in [1.82, 2.24) is 24.8 Å². The highest BCUT2D eigenvalue weighted by molar-refractivity contribution is 7.66. The molecule has 0 bridgehead atoms. The van der Waals surface area contributed by atoms with Crippen molar-refractivity contribution in [1.29, 1.82) is 0 Å². The van der Waals surface area contributed by atoms with E-state index in [2.05, 4.69) is 33.4 Å². The molecule has 174 valence electrons. The van der Waals surface area contributed by atoms with Gasteiger partial charge in [0.1, 0.15) is 6.23 Å². The van der Waals surface area contributed by atoms with Crippen LogP contribution in [0.15, 0.2) is 11.1 Å². The van der Waals surface area contributed by atoms with Crippen molar-refractivity contribution in [3.63, 3.8) is 0 Å². The first kappa shape index (κ1) is 24.1. The van der Waals surface area contributed by atoms with Gasteiger partial charge in [-0.25, -0.2) is 18.7 Å². The summed E-state index contributed by atoms with van der Waals surface area (Å²) >= 11 is 0. The second kappa shape index (κ2) is 8.78. The molecule has 1 aliphatic heterocycles. The number of morpholine rings is 1. The lowest BCUT2D eigenvalue weighted by Crippen LogP contribution is -2.44. The van der Waals surface area contributed by atoms with Crippen LogP contribution in [0.1, 0.15) is 6.23 Å². The summed E-state index contributed by atoms with van der Waals surface area (Å²) in [6, 6.07) is 0. The van der Waals surface area contributed by atoms with E-state index in [-0.39, 0.29) is 30.2 Å². The predicted molar refractivity (Wildman–Crippen MR) is 99.2 cm³/mol. The van der Waals surface area contributed by atoms with Crippen molar-refractivity contribution >= 4 is 40.6 Å². The Balaban J connectivity index is 1.65. The number of ether oxygens (including phenoxy) is 1. The second-order valence-electron chi connectivity index (χ2n) is 6.03. The number of imidazole rings is 1. The zero-order chi connectivity index (χ0) is 23.0. The summed E-state index contributed by atoms with van der Waals surface area (Å²) in [6.45, 7) is -0.295. The van der Waals surface area contributed by atoms with Crippen LogP contribution in [0.2, 0.25) is 0 Å². The van der Waals surface area contributed by atoms with Crippen LogP contribution < -0.4 is 16.6 Å². The molecule has 2 aromatic rings. The lowest BCUT2D eigenvalue weighted by atomic mass is 10.3. The van der Waals surface area contributed by atoms with E-state index in [1.54, 1.807) is 0 Å². The molecule has 4 atom stereocenters.